The summed E-state index contributed by atoms with van der Waals surface area (Å²) in [6.45, 7) is 1.68. The van der Waals surface area contributed by atoms with Crippen LogP contribution in [-0.2, 0) is 0 Å². The number of nitrogens with zero attached hydrogens (tertiary/aromatic N) is 2. The normalized spacial score (nSPS) is 15.8. The minimum atomic E-state index is -0.0390. The van der Waals surface area contributed by atoms with Crippen molar-refractivity contribution in [1.29, 1.82) is 0 Å². The van der Waals surface area contributed by atoms with E-state index in [0.29, 0.717) is 5.13 Å². The molecule has 0 bridgehead atoms. The molecule has 21 heavy (non-hydrogen) atoms. The monoisotopic (exact) mass is 305 g/mol. The molecule has 0 atom stereocenters. The average molecular weight is 305 g/mol. The first kappa shape index (κ1) is 14.1. The highest BCUT2D eigenvalue weighted by atomic mass is 32.1. The Kier molecular flexibility index (Phi) is 4.24. The number of ether oxygens (including phenoxy) is 1. The Morgan fingerprint density at radius 3 is 2.76 bits per heavy atom. The zero-order valence-electron chi connectivity index (χ0n) is 12.1. The summed E-state index contributed by atoms with van der Waals surface area (Å²) in [6, 6.07) is 5.69. The molecule has 6 heteroatoms. The van der Waals surface area contributed by atoms with Crippen LogP contribution in [0.25, 0.3) is 10.2 Å². The highest BCUT2D eigenvalue weighted by Gasteiger charge is 2.17. The van der Waals surface area contributed by atoms with Gasteiger partial charge in [0.2, 0.25) is 0 Å². The minimum absolute atomic E-state index is 0.0390. The molecule has 2 amide bonds. The molecule has 1 aromatic carbocycles. The molecule has 0 spiro atoms. The van der Waals surface area contributed by atoms with Crippen LogP contribution < -0.4 is 10.1 Å². The van der Waals surface area contributed by atoms with Gasteiger partial charge < -0.3 is 9.64 Å². The van der Waals surface area contributed by atoms with Gasteiger partial charge in [0.1, 0.15) is 5.75 Å². The number of fused-ring (bicyclic) bond motifs is 1. The molecule has 0 radical (unpaired) electrons. The van der Waals surface area contributed by atoms with Crippen molar-refractivity contribution in [3.05, 3.63) is 18.2 Å². The number of rotatable bonds is 2. The first-order valence-electron chi connectivity index (χ1n) is 7.27. The summed E-state index contributed by atoms with van der Waals surface area (Å²) in [5.74, 6) is 0.802. The fourth-order valence-corrected chi connectivity index (χ4v) is 3.41. The second kappa shape index (κ2) is 6.30. The maximum atomic E-state index is 12.3. The lowest BCUT2D eigenvalue weighted by Crippen LogP contribution is -2.35. The predicted molar refractivity (Wildman–Crippen MR) is 85.2 cm³/mol. The number of carbonyl (C=O) groups excluding carboxylic acids is 1. The second-order valence-electron chi connectivity index (χ2n) is 5.18. The third-order valence-electron chi connectivity index (χ3n) is 3.70. The third kappa shape index (κ3) is 3.26. The molecule has 1 aliphatic heterocycles. The number of urea groups is 1. The molecule has 112 valence electrons. The van der Waals surface area contributed by atoms with E-state index in [1.165, 1.54) is 24.2 Å². The second-order valence-corrected chi connectivity index (χ2v) is 6.21. The zero-order chi connectivity index (χ0) is 14.7. The van der Waals surface area contributed by atoms with E-state index in [1.54, 1.807) is 7.11 Å². The highest BCUT2D eigenvalue weighted by Crippen LogP contribution is 2.29. The van der Waals surface area contributed by atoms with Crippen molar-refractivity contribution in [2.75, 3.05) is 25.5 Å². The van der Waals surface area contributed by atoms with Crippen LogP contribution in [-0.4, -0.2) is 36.1 Å². The van der Waals surface area contributed by atoms with Crippen molar-refractivity contribution >= 4 is 32.7 Å². The molecule has 0 aliphatic carbocycles. The number of thiazole rings is 1. The Balaban J connectivity index is 1.73. The molecule has 1 aromatic heterocycles. The van der Waals surface area contributed by atoms with E-state index < -0.39 is 0 Å². The molecule has 1 saturated heterocycles. The molecular formula is C15H19N3O2S. The van der Waals surface area contributed by atoms with Gasteiger partial charge in [0.05, 0.1) is 17.3 Å². The molecule has 2 aromatic rings. The number of methoxy groups -OCH3 is 1. The van der Waals surface area contributed by atoms with Gasteiger partial charge in [-0.1, -0.05) is 24.2 Å². The number of benzene rings is 1. The van der Waals surface area contributed by atoms with E-state index in [0.717, 1.165) is 41.9 Å². The summed E-state index contributed by atoms with van der Waals surface area (Å²) in [5.41, 5.74) is 0.881. The Labute approximate surface area is 127 Å². The van der Waals surface area contributed by atoms with Gasteiger partial charge >= 0.3 is 6.03 Å². The summed E-state index contributed by atoms with van der Waals surface area (Å²) in [6.07, 6.45) is 4.60. The van der Waals surface area contributed by atoms with Crippen LogP contribution in [0, 0.1) is 0 Å². The number of aromatic nitrogens is 1. The third-order valence-corrected chi connectivity index (χ3v) is 4.64. The Hall–Kier alpha value is -1.82. The van der Waals surface area contributed by atoms with Crippen LogP contribution in [0.4, 0.5) is 9.93 Å². The topological polar surface area (TPSA) is 54.5 Å². The van der Waals surface area contributed by atoms with Crippen LogP contribution in [0.1, 0.15) is 25.7 Å². The lowest BCUT2D eigenvalue weighted by molar-refractivity contribution is 0.214. The van der Waals surface area contributed by atoms with Crippen molar-refractivity contribution in [3.63, 3.8) is 0 Å². The zero-order valence-corrected chi connectivity index (χ0v) is 12.9. The van der Waals surface area contributed by atoms with Crippen molar-refractivity contribution in [2.24, 2.45) is 0 Å². The van der Waals surface area contributed by atoms with Crippen LogP contribution in [0.2, 0.25) is 0 Å². The number of carbonyl (C=O) groups is 1. The van der Waals surface area contributed by atoms with Gasteiger partial charge in [0, 0.05) is 13.1 Å². The SMILES string of the molecule is COc1ccc2nc(NC(=O)N3CCCCCC3)sc2c1. The molecule has 1 fully saturated rings. The Bertz CT molecular complexity index is 633. The quantitative estimate of drug-likeness (QED) is 0.920. The Morgan fingerprint density at radius 1 is 1.29 bits per heavy atom. The number of nitrogens with one attached hydrogen (secondary N) is 1. The van der Waals surface area contributed by atoms with Gasteiger partial charge in [-0.25, -0.2) is 9.78 Å². The van der Waals surface area contributed by atoms with Crippen molar-refractivity contribution < 1.29 is 9.53 Å². The van der Waals surface area contributed by atoms with Gasteiger partial charge in [-0.15, -0.1) is 0 Å². The van der Waals surface area contributed by atoms with Crippen LogP contribution in [0.5, 0.6) is 5.75 Å². The van der Waals surface area contributed by atoms with Gasteiger partial charge in [-0.05, 0) is 31.0 Å². The Morgan fingerprint density at radius 2 is 2.05 bits per heavy atom. The summed E-state index contributed by atoms with van der Waals surface area (Å²) < 4.78 is 6.22. The molecular weight excluding hydrogens is 286 g/mol. The highest BCUT2D eigenvalue weighted by molar-refractivity contribution is 7.22. The van der Waals surface area contributed by atoms with Crippen molar-refractivity contribution in [1.82, 2.24) is 9.88 Å². The fraction of sp³-hybridized carbons (Fsp3) is 0.467. The van der Waals surface area contributed by atoms with Crippen molar-refractivity contribution in [3.8, 4) is 5.75 Å². The number of hydrogen-bond donors (Lipinski definition) is 1. The number of amides is 2. The van der Waals surface area contributed by atoms with Gasteiger partial charge in [0.15, 0.2) is 5.13 Å². The summed E-state index contributed by atoms with van der Waals surface area (Å²) >= 11 is 1.47. The van der Waals surface area contributed by atoms with Gasteiger partial charge in [-0.2, -0.15) is 0 Å². The molecule has 1 N–H and O–H groups in total. The number of anilines is 1. The lowest BCUT2D eigenvalue weighted by Gasteiger charge is -2.19. The standard InChI is InChI=1S/C15H19N3O2S/c1-20-11-6-7-12-13(10-11)21-14(16-12)17-15(19)18-8-4-2-3-5-9-18/h6-7,10H,2-5,8-9H2,1H3,(H,16,17,19). The summed E-state index contributed by atoms with van der Waals surface area (Å²) in [7, 11) is 1.64. The molecule has 0 unspecified atom stereocenters. The van der Waals surface area contributed by atoms with E-state index in [9.17, 15) is 4.79 Å². The fourth-order valence-electron chi connectivity index (χ4n) is 2.53. The van der Waals surface area contributed by atoms with E-state index in [-0.39, 0.29) is 6.03 Å². The van der Waals surface area contributed by atoms with Crippen LogP contribution >= 0.6 is 11.3 Å². The maximum absolute atomic E-state index is 12.3. The van der Waals surface area contributed by atoms with Crippen LogP contribution in [0.3, 0.4) is 0 Å². The summed E-state index contributed by atoms with van der Waals surface area (Å²) in [4.78, 5) is 18.6. The predicted octanol–water partition coefficient (Wildman–Crippen LogP) is 3.71. The first-order chi connectivity index (χ1) is 10.3. The number of hydrogen-bond acceptors (Lipinski definition) is 4. The van der Waals surface area contributed by atoms with E-state index in [4.69, 9.17) is 4.74 Å². The molecule has 1 aliphatic rings. The van der Waals surface area contributed by atoms with E-state index >= 15 is 0 Å². The molecule has 2 heterocycles. The van der Waals surface area contributed by atoms with Crippen LogP contribution in [0.15, 0.2) is 18.2 Å². The van der Waals surface area contributed by atoms with E-state index in [1.807, 2.05) is 23.1 Å². The first-order valence-corrected chi connectivity index (χ1v) is 8.08. The average Bonchev–Trinajstić information content (AvgIpc) is 2.71. The molecule has 0 saturated carbocycles. The van der Waals surface area contributed by atoms with E-state index in [2.05, 4.69) is 10.3 Å². The largest absolute Gasteiger partial charge is 0.497 e. The minimum Gasteiger partial charge on any atom is -0.497 e. The van der Waals surface area contributed by atoms with Gasteiger partial charge in [-0.3, -0.25) is 5.32 Å². The summed E-state index contributed by atoms with van der Waals surface area (Å²) in [5, 5.41) is 3.57. The molecule has 5 nitrogen and oxygen atoms in total. The maximum Gasteiger partial charge on any atom is 0.323 e. The molecule has 3 rings (SSSR count). The smallest absolute Gasteiger partial charge is 0.323 e. The van der Waals surface area contributed by atoms with Crippen molar-refractivity contribution in [2.45, 2.75) is 25.7 Å². The van der Waals surface area contributed by atoms with Gasteiger partial charge in [0.25, 0.3) is 0 Å². The lowest BCUT2D eigenvalue weighted by atomic mass is 10.2. The number of likely N-dealkylation sites (tertiary alicyclic amines) is 1.